The van der Waals surface area contributed by atoms with Crippen LogP contribution in [0.5, 0.6) is 5.75 Å². The zero-order valence-electron chi connectivity index (χ0n) is 11.8. The van der Waals surface area contributed by atoms with Crippen molar-refractivity contribution in [3.8, 4) is 5.75 Å². The van der Waals surface area contributed by atoms with Crippen LogP contribution >= 0.6 is 0 Å². The number of hydrogen-bond donors (Lipinski definition) is 1. The van der Waals surface area contributed by atoms with Crippen LogP contribution in [-0.2, 0) is 0 Å². The van der Waals surface area contributed by atoms with Gasteiger partial charge < -0.3 is 10.5 Å². The largest absolute Gasteiger partial charge is 0.490 e. The van der Waals surface area contributed by atoms with E-state index in [1.165, 1.54) is 31.2 Å². The number of hydrogen-bond acceptors (Lipinski definition) is 2. The van der Waals surface area contributed by atoms with Gasteiger partial charge in [-0.25, -0.2) is 0 Å². The second-order valence-electron chi connectivity index (χ2n) is 5.83. The fraction of sp³-hybridized carbons (Fsp3) is 0.625. The van der Waals surface area contributed by atoms with Crippen molar-refractivity contribution in [2.75, 3.05) is 0 Å². The molecule has 1 aliphatic rings. The van der Waals surface area contributed by atoms with Gasteiger partial charge in [-0.15, -0.1) is 0 Å². The molecule has 100 valence electrons. The number of benzene rings is 1. The van der Waals surface area contributed by atoms with Crippen LogP contribution in [0.25, 0.3) is 0 Å². The highest BCUT2D eigenvalue weighted by Gasteiger charge is 2.21. The van der Waals surface area contributed by atoms with Gasteiger partial charge in [-0.05, 0) is 57.1 Å². The van der Waals surface area contributed by atoms with E-state index in [9.17, 15) is 0 Å². The Bertz CT molecular complexity index is 392. The minimum Gasteiger partial charge on any atom is -0.490 e. The molecule has 0 aromatic heterocycles. The summed E-state index contributed by atoms with van der Waals surface area (Å²) in [6, 6.07) is 6.36. The Hall–Kier alpha value is -1.02. The summed E-state index contributed by atoms with van der Waals surface area (Å²) in [6.45, 7) is 6.44. The first-order valence-corrected chi connectivity index (χ1v) is 7.09. The van der Waals surface area contributed by atoms with Crippen molar-refractivity contribution < 1.29 is 4.74 Å². The summed E-state index contributed by atoms with van der Waals surface area (Å²) < 4.78 is 6.20. The maximum absolute atomic E-state index is 6.20. The van der Waals surface area contributed by atoms with Crippen LogP contribution in [0.2, 0.25) is 0 Å². The number of nitrogens with two attached hydrogens (primary N) is 1. The minimum absolute atomic E-state index is 0.0307. The molecule has 2 rings (SSSR count). The Balaban J connectivity index is 2.10. The predicted molar refractivity (Wildman–Crippen MR) is 75.8 cm³/mol. The normalized spacial score (nSPS) is 25.8. The predicted octanol–water partition coefficient (Wildman–Crippen LogP) is 3.97. The lowest BCUT2D eigenvalue weighted by Crippen LogP contribution is -2.24. The van der Waals surface area contributed by atoms with E-state index in [-0.39, 0.29) is 6.04 Å². The molecule has 1 fully saturated rings. The van der Waals surface area contributed by atoms with E-state index >= 15 is 0 Å². The molecule has 0 aliphatic heterocycles. The summed E-state index contributed by atoms with van der Waals surface area (Å²) in [5.74, 6) is 1.85. The molecule has 0 radical (unpaired) electrons. The summed E-state index contributed by atoms with van der Waals surface area (Å²) >= 11 is 0. The van der Waals surface area contributed by atoms with Gasteiger partial charge in [0.2, 0.25) is 0 Å². The van der Waals surface area contributed by atoms with Crippen LogP contribution in [-0.4, -0.2) is 6.10 Å². The van der Waals surface area contributed by atoms with Crippen molar-refractivity contribution in [3.63, 3.8) is 0 Å². The number of ether oxygens (including phenoxy) is 1. The van der Waals surface area contributed by atoms with E-state index in [0.29, 0.717) is 6.10 Å². The van der Waals surface area contributed by atoms with Gasteiger partial charge in [-0.2, -0.15) is 0 Å². The molecule has 1 atom stereocenters. The van der Waals surface area contributed by atoms with Crippen molar-refractivity contribution in [1.82, 2.24) is 0 Å². The summed E-state index contributed by atoms with van der Waals surface area (Å²) in [5, 5.41) is 0. The van der Waals surface area contributed by atoms with Crippen LogP contribution in [0, 0.1) is 12.8 Å². The first-order chi connectivity index (χ1) is 8.56. The second kappa shape index (κ2) is 5.75. The highest BCUT2D eigenvalue weighted by molar-refractivity contribution is 5.39. The second-order valence-corrected chi connectivity index (χ2v) is 5.83. The average Bonchev–Trinajstić information content (AvgIpc) is 2.32. The van der Waals surface area contributed by atoms with Gasteiger partial charge in [0.1, 0.15) is 5.75 Å². The molecule has 2 heteroatoms. The van der Waals surface area contributed by atoms with Crippen LogP contribution < -0.4 is 10.5 Å². The molecule has 0 spiro atoms. The van der Waals surface area contributed by atoms with Gasteiger partial charge in [0.25, 0.3) is 0 Å². The lowest BCUT2D eigenvalue weighted by molar-refractivity contribution is 0.134. The fourth-order valence-electron chi connectivity index (χ4n) is 2.65. The smallest absolute Gasteiger partial charge is 0.124 e. The zero-order chi connectivity index (χ0) is 13.1. The standard InChI is InChI=1S/C16H25NO/c1-11-4-7-14(8-5-11)18-16-10-12(2)6-9-15(16)13(3)17/h6,9-11,13-14H,4-5,7-8,17H2,1-3H3. The third-order valence-corrected chi connectivity index (χ3v) is 3.92. The van der Waals surface area contributed by atoms with E-state index in [0.717, 1.165) is 17.2 Å². The zero-order valence-corrected chi connectivity index (χ0v) is 11.8. The van der Waals surface area contributed by atoms with Crippen LogP contribution in [0.1, 0.15) is 56.7 Å². The highest BCUT2D eigenvalue weighted by Crippen LogP contribution is 2.31. The molecule has 1 aliphatic carbocycles. The third-order valence-electron chi connectivity index (χ3n) is 3.92. The molecule has 0 bridgehead atoms. The summed E-state index contributed by atoms with van der Waals surface area (Å²) in [6.07, 6.45) is 5.29. The monoisotopic (exact) mass is 247 g/mol. The van der Waals surface area contributed by atoms with Crippen molar-refractivity contribution in [3.05, 3.63) is 29.3 Å². The molecular weight excluding hydrogens is 222 g/mol. The minimum atomic E-state index is 0.0307. The quantitative estimate of drug-likeness (QED) is 0.877. The molecule has 18 heavy (non-hydrogen) atoms. The first-order valence-electron chi connectivity index (χ1n) is 7.09. The van der Waals surface area contributed by atoms with E-state index in [1.807, 2.05) is 6.92 Å². The molecule has 2 N–H and O–H groups in total. The third kappa shape index (κ3) is 3.26. The van der Waals surface area contributed by atoms with Crippen LogP contribution in [0.15, 0.2) is 18.2 Å². The summed E-state index contributed by atoms with van der Waals surface area (Å²) in [7, 11) is 0. The average molecular weight is 247 g/mol. The van der Waals surface area contributed by atoms with Crippen molar-refractivity contribution in [2.45, 2.75) is 58.6 Å². The van der Waals surface area contributed by atoms with Gasteiger partial charge in [0, 0.05) is 11.6 Å². The van der Waals surface area contributed by atoms with Crippen LogP contribution in [0.4, 0.5) is 0 Å². The lowest BCUT2D eigenvalue weighted by Gasteiger charge is -2.28. The lowest BCUT2D eigenvalue weighted by atomic mass is 9.89. The van der Waals surface area contributed by atoms with Gasteiger partial charge >= 0.3 is 0 Å². The fourth-order valence-corrected chi connectivity index (χ4v) is 2.65. The highest BCUT2D eigenvalue weighted by atomic mass is 16.5. The topological polar surface area (TPSA) is 35.2 Å². The first kappa shape index (κ1) is 13.4. The molecule has 2 nitrogen and oxygen atoms in total. The van der Waals surface area contributed by atoms with E-state index < -0.39 is 0 Å². The van der Waals surface area contributed by atoms with Gasteiger partial charge in [0.05, 0.1) is 6.10 Å². The molecule has 1 saturated carbocycles. The Labute approximate surface area is 111 Å². The number of aryl methyl sites for hydroxylation is 1. The van der Waals surface area contributed by atoms with Crippen molar-refractivity contribution in [2.24, 2.45) is 11.7 Å². The molecule has 1 aromatic carbocycles. The molecule has 0 heterocycles. The van der Waals surface area contributed by atoms with Gasteiger partial charge in [0.15, 0.2) is 0 Å². The Morgan fingerprint density at radius 3 is 2.50 bits per heavy atom. The number of rotatable bonds is 3. The van der Waals surface area contributed by atoms with Gasteiger partial charge in [-0.1, -0.05) is 19.1 Å². The SMILES string of the molecule is Cc1ccc(C(C)N)c(OC2CCC(C)CC2)c1. The molecular formula is C16H25NO. The molecule has 1 unspecified atom stereocenters. The maximum Gasteiger partial charge on any atom is 0.124 e. The van der Waals surface area contributed by atoms with E-state index in [4.69, 9.17) is 10.5 Å². The maximum atomic E-state index is 6.20. The Morgan fingerprint density at radius 1 is 1.22 bits per heavy atom. The van der Waals surface area contributed by atoms with E-state index in [1.54, 1.807) is 0 Å². The Morgan fingerprint density at radius 2 is 1.89 bits per heavy atom. The van der Waals surface area contributed by atoms with Crippen molar-refractivity contribution >= 4 is 0 Å². The van der Waals surface area contributed by atoms with E-state index in [2.05, 4.69) is 32.0 Å². The summed E-state index contributed by atoms with van der Waals surface area (Å²) in [4.78, 5) is 0. The summed E-state index contributed by atoms with van der Waals surface area (Å²) in [5.41, 5.74) is 8.37. The molecule has 1 aromatic rings. The van der Waals surface area contributed by atoms with Crippen LogP contribution in [0.3, 0.4) is 0 Å². The molecule has 0 saturated heterocycles. The molecule has 0 amide bonds. The van der Waals surface area contributed by atoms with Gasteiger partial charge in [-0.3, -0.25) is 0 Å². The Kier molecular flexibility index (Phi) is 4.28. The van der Waals surface area contributed by atoms with Crippen molar-refractivity contribution in [1.29, 1.82) is 0 Å².